The van der Waals surface area contributed by atoms with Crippen LogP contribution in [0.5, 0.6) is 0 Å². The molecule has 0 aliphatic rings. The van der Waals surface area contributed by atoms with Crippen molar-refractivity contribution in [2.24, 2.45) is 17.5 Å². The molecule has 9 heteroatoms. The van der Waals surface area contributed by atoms with Gasteiger partial charge in [0.25, 0.3) is 0 Å². The Labute approximate surface area is 113 Å². The quantitative estimate of drug-likeness (QED) is 0.483. The lowest BCUT2D eigenvalue weighted by Gasteiger charge is -2.20. The van der Waals surface area contributed by atoms with Crippen molar-refractivity contribution in [3.8, 4) is 0 Å². The molecule has 1 aromatic heterocycles. The number of primary amides is 1. The van der Waals surface area contributed by atoms with Crippen LogP contribution in [0.2, 0.25) is 0 Å². The van der Waals surface area contributed by atoms with Crippen molar-refractivity contribution >= 4 is 17.5 Å². The minimum absolute atomic E-state index is 0.134. The Kier molecular flexibility index (Phi) is 4.77. The smallest absolute Gasteiger partial charge is 0.368 e. The maximum Gasteiger partial charge on any atom is 0.416 e. The molecule has 0 radical (unpaired) electrons. The second-order valence-electron chi connectivity index (χ2n) is 4.54. The van der Waals surface area contributed by atoms with E-state index in [0.717, 1.165) is 12.1 Å². The summed E-state index contributed by atoms with van der Waals surface area (Å²) in [4.78, 5) is 15.1. The van der Waals surface area contributed by atoms with Gasteiger partial charge in [-0.15, -0.1) is 0 Å². The third-order valence-electron chi connectivity index (χ3n) is 2.58. The topological polar surface area (TPSA) is 106 Å². The SMILES string of the molecule is CC(C)C(Nc1cc(C(F)(F)F)cc(NN)n1)C(N)=O. The Morgan fingerprint density at radius 1 is 1.30 bits per heavy atom. The van der Waals surface area contributed by atoms with Gasteiger partial charge in [0.2, 0.25) is 5.91 Å². The summed E-state index contributed by atoms with van der Waals surface area (Å²) in [5, 5.41) is 2.58. The van der Waals surface area contributed by atoms with Crippen LogP contribution in [-0.2, 0) is 11.0 Å². The van der Waals surface area contributed by atoms with Crippen molar-refractivity contribution in [3.05, 3.63) is 17.7 Å². The predicted octanol–water partition coefficient (Wildman–Crippen LogP) is 1.31. The lowest BCUT2D eigenvalue weighted by molar-refractivity contribution is -0.137. The van der Waals surface area contributed by atoms with Crippen LogP contribution < -0.4 is 22.3 Å². The highest BCUT2D eigenvalue weighted by Gasteiger charge is 2.32. The number of carbonyl (C=O) groups is 1. The molecule has 1 heterocycles. The fourth-order valence-corrected chi connectivity index (χ4v) is 1.57. The van der Waals surface area contributed by atoms with Gasteiger partial charge in [0.05, 0.1) is 5.56 Å². The molecule has 0 bridgehead atoms. The maximum atomic E-state index is 12.7. The zero-order chi connectivity index (χ0) is 15.5. The van der Waals surface area contributed by atoms with Gasteiger partial charge in [-0.05, 0) is 18.1 Å². The molecule has 112 valence electrons. The highest BCUT2D eigenvalue weighted by Crippen LogP contribution is 2.32. The first kappa shape index (κ1) is 16.0. The molecular formula is C11H16F3N5O. The van der Waals surface area contributed by atoms with Crippen molar-refractivity contribution in [1.82, 2.24) is 4.98 Å². The highest BCUT2D eigenvalue weighted by molar-refractivity contribution is 5.83. The lowest BCUT2D eigenvalue weighted by Crippen LogP contribution is -2.39. The number of amides is 1. The zero-order valence-corrected chi connectivity index (χ0v) is 11.0. The molecule has 1 unspecified atom stereocenters. The number of nitrogen functional groups attached to an aromatic ring is 1. The van der Waals surface area contributed by atoms with Crippen molar-refractivity contribution in [1.29, 1.82) is 0 Å². The van der Waals surface area contributed by atoms with Crippen molar-refractivity contribution in [3.63, 3.8) is 0 Å². The Hall–Kier alpha value is -2.03. The van der Waals surface area contributed by atoms with Crippen molar-refractivity contribution in [2.45, 2.75) is 26.1 Å². The van der Waals surface area contributed by atoms with Gasteiger partial charge < -0.3 is 16.5 Å². The summed E-state index contributed by atoms with van der Waals surface area (Å²) in [6, 6.07) is 0.718. The molecule has 0 saturated carbocycles. The number of rotatable bonds is 5. The van der Waals surface area contributed by atoms with Crippen LogP contribution in [0.25, 0.3) is 0 Å². The van der Waals surface area contributed by atoms with Crippen LogP contribution in [0.15, 0.2) is 12.1 Å². The van der Waals surface area contributed by atoms with E-state index in [0.29, 0.717) is 0 Å². The molecule has 1 atom stereocenters. The van der Waals surface area contributed by atoms with E-state index in [-0.39, 0.29) is 17.6 Å². The van der Waals surface area contributed by atoms with Crippen LogP contribution >= 0.6 is 0 Å². The van der Waals surface area contributed by atoms with Gasteiger partial charge in [0.1, 0.15) is 17.7 Å². The molecule has 0 spiro atoms. The molecule has 1 rings (SSSR count). The Morgan fingerprint density at radius 3 is 2.25 bits per heavy atom. The minimum Gasteiger partial charge on any atom is -0.368 e. The first-order chi connectivity index (χ1) is 9.15. The summed E-state index contributed by atoms with van der Waals surface area (Å²) in [5.41, 5.74) is 6.30. The van der Waals surface area contributed by atoms with E-state index in [9.17, 15) is 18.0 Å². The summed E-state index contributed by atoms with van der Waals surface area (Å²) >= 11 is 0. The maximum absolute atomic E-state index is 12.7. The van der Waals surface area contributed by atoms with E-state index in [4.69, 9.17) is 11.6 Å². The van der Waals surface area contributed by atoms with Crippen molar-refractivity contribution in [2.75, 3.05) is 10.7 Å². The number of halogens is 3. The summed E-state index contributed by atoms with van der Waals surface area (Å²) in [6.07, 6.45) is -4.55. The number of hydrogen-bond donors (Lipinski definition) is 4. The number of nitrogens with two attached hydrogens (primary N) is 2. The number of aromatic nitrogens is 1. The predicted molar refractivity (Wildman–Crippen MR) is 68.5 cm³/mol. The van der Waals surface area contributed by atoms with Gasteiger partial charge in [0, 0.05) is 0 Å². The molecular weight excluding hydrogens is 275 g/mol. The Bertz CT molecular complexity index is 489. The monoisotopic (exact) mass is 291 g/mol. The molecule has 1 amide bonds. The van der Waals surface area contributed by atoms with Crippen LogP contribution in [-0.4, -0.2) is 16.9 Å². The number of carbonyl (C=O) groups excluding carboxylic acids is 1. The molecule has 0 aromatic carbocycles. The van der Waals surface area contributed by atoms with Gasteiger partial charge >= 0.3 is 6.18 Å². The molecule has 6 N–H and O–H groups in total. The normalized spacial score (nSPS) is 13.2. The van der Waals surface area contributed by atoms with E-state index in [2.05, 4.69) is 10.3 Å². The Morgan fingerprint density at radius 2 is 1.85 bits per heavy atom. The molecule has 0 fully saturated rings. The average molecular weight is 291 g/mol. The first-order valence-electron chi connectivity index (χ1n) is 5.77. The number of hydrazine groups is 1. The summed E-state index contributed by atoms with van der Waals surface area (Å²) in [6.45, 7) is 3.41. The van der Waals surface area contributed by atoms with Gasteiger partial charge in [-0.2, -0.15) is 13.2 Å². The third kappa shape index (κ3) is 3.98. The molecule has 6 nitrogen and oxygen atoms in total. The molecule has 0 aliphatic carbocycles. The zero-order valence-electron chi connectivity index (χ0n) is 11.0. The summed E-state index contributed by atoms with van der Waals surface area (Å²) in [7, 11) is 0. The molecule has 20 heavy (non-hydrogen) atoms. The van der Waals surface area contributed by atoms with Gasteiger partial charge in [0.15, 0.2) is 0 Å². The Balaban J connectivity index is 3.14. The largest absolute Gasteiger partial charge is 0.416 e. The number of nitrogens with zero attached hydrogens (tertiary/aromatic N) is 1. The summed E-state index contributed by atoms with van der Waals surface area (Å²) in [5.74, 6) is 3.89. The minimum atomic E-state index is -4.55. The average Bonchev–Trinajstić information content (AvgIpc) is 2.33. The van der Waals surface area contributed by atoms with E-state index >= 15 is 0 Å². The number of nitrogens with one attached hydrogen (secondary N) is 2. The highest BCUT2D eigenvalue weighted by atomic mass is 19.4. The molecule has 0 aliphatic heterocycles. The van der Waals surface area contributed by atoms with E-state index in [1.54, 1.807) is 13.8 Å². The van der Waals surface area contributed by atoms with Gasteiger partial charge in [-0.3, -0.25) is 4.79 Å². The third-order valence-corrected chi connectivity index (χ3v) is 2.58. The molecule has 1 aromatic rings. The second kappa shape index (κ2) is 5.95. The first-order valence-corrected chi connectivity index (χ1v) is 5.77. The standard InChI is InChI=1S/C11H16F3N5O/c1-5(2)9(10(15)20)18-7-3-6(11(12,13)14)4-8(17-7)19-16/h3-5,9H,16H2,1-2H3,(H2,15,20)(H2,17,18,19). The van der Waals surface area contributed by atoms with Gasteiger partial charge in [-0.25, -0.2) is 10.8 Å². The molecule has 0 saturated heterocycles. The lowest BCUT2D eigenvalue weighted by atomic mass is 10.0. The number of alkyl halides is 3. The fourth-order valence-electron chi connectivity index (χ4n) is 1.57. The van der Waals surface area contributed by atoms with Crippen LogP contribution in [0.3, 0.4) is 0 Å². The summed E-state index contributed by atoms with van der Waals surface area (Å²) < 4.78 is 38.2. The van der Waals surface area contributed by atoms with E-state index in [1.165, 1.54) is 0 Å². The van der Waals surface area contributed by atoms with Crippen LogP contribution in [0.1, 0.15) is 19.4 Å². The fraction of sp³-hybridized carbons (Fsp3) is 0.455. The number of pyridine rings is 1. The van der Waals surface area contributed by atoms with Gasteiger partial charge in [-0.1, -0.05) is 13.8 Å². The van der Waals surface area contributed by atoms with Crippen molar-refractivity contribution < 1.29 is 18.0 Å². The number of anilines is 2. The van der Waals surface area contributed by atoms with E-state index < -0.39 is 23.7 Å². The van der Waals surface area contributed by atoms with Crippen LogP contribution in [0, 0.1) is 5.92 Å². The van der Waals surface area contributed by atoms with Crippen LogP contribution in [0.4, 0.5) is 24.8 Å². The number of hydrogen-bond acceptors (Lipinski definition) is 5. The second-order valence-corrected chi connectivity index (χ2v) is 4.54. The van der Waals surface area contributed by atoms with E-state index in [1.807, 2.05) is 5.43 Å².